The molecule has 2 rings (SSSR count). The van der Waals surface area contributed by atoms with E-state index in [0.29, 0.717) is 31.8 Å². The van der Waals surface area contributed by atoms with Gasteiger partial charge in [0.15, 0.2) is 0 Å². The van der Waals surface area contributed by atoms with Gasteiger partial charge in [0.25, 0.3) is 5.91 Å². The molecule has 0 bridgehead atoms. The van der Waals surface area contributed by atoms with Crippen molar-refractivity contribution in [3.05, 3.63) is 0 Å². The first kappa shape index (κ1) is 18.7. The summed E-state index contributed by atoms with van der Waals surface area (Å²) in [6.07, 6.45) is 2.29. The van der Waals surface area contributed by atoms with Crippen molar-refractivity contribution in [2.45, 2.75) is 45.6 Å². The molecular formula is C17H30N4O3. The lowest BCUT2D eigenvalue weighted by atomic mass is 9.64. The van der Waals surface area contributed by atoms with E-state index in [1.807, 2.05) is 7.05 Å². The largest absolute Gasteiger partial charge is 0.343 e. The van der Waals surface area contributed by atoms with Crippen molar-refractivity contribution in [3.63, 3.8) is 0 Å². The molecule has 2 aliphatic rings. The van der Waals surface area contributed by atoms with Gasteiger partial charge in [-0.15, -0.1) is 0 Å². The Bertz CT molecular complexity index is 534. The molecule has 0 aromatic carbocycles. The number of urea groups is 1. The monoisotopic (exact) mass is 338 g/mol. The third kappa shape index (κ3) is 3.71. The fourth-order valence-corrected chi connectivity index (χ4v) is 4.31. The van der Waals surface area contributed by atoms with Crippen molar-refractivity contribution < 1.29 is 14.4 Å². The van der Waals surface area contributed by atoms with Gasteiger partial charge in [-0.25, -0.2) is 4.79 Å². The Hall–Kier alpha value is -1.63. The van der Waals surface area contributed by atoms with Crippen LogP contribution in [0.1, 0.15) is 40.0 Å². The number of amides is 4. The summed E-state index contributed by atoms with van der Waals surface area (Å²) in [6, 6.07) is -0.444. The molecule has 1 aliphatic carbocycles. The van der Waals surface area contributed by atoms with Crippen LogP contribution in [-0.4, -0.2) is 66.9 Å². The molecule has 1 saturated heterocycles. The van der Waals surface area contributed by atoms with Crippen LogP contribution in [0.25, 0.3) is 0 Å². The number of rotatable bonds is 5. The molecule has 0 aromatic rings. The second-order valence-corrected chi connectivity index (χ2v) is 8.18. The van der Waals surface area contributed by atoms with Crippen molar-refractivity contribution in [3.8, 4) is 0 Å². The molecule has 7 nitrogen and oxygen atoms in total. The topological polar surface area (TPSA) is 81.8 Å². The highest BCUT2D eigenvalue weighted by molar-refractivity contribution is 6.09. The van der Waals surface area contributed by atoms with Crippen LogP contribution in [-0.2, 0) is 9.59 Å². The Balaban J connectivity index is 2.10. The molecule has 4 amide bonds. The highest BCUT2D eigenvalue weighted by atomic mass is 16.2. The minimum atomic E-state index is -0.845. The smallest absolute Gasteiger partial charge is 0.325 e. The van der Waals surface area contributed by atoms with Crippen molar-refractivity contribution in [1.82, 2.24) is 20.4 Å². The molecule has 2 unspecified atom stereocenters. The van der Waals surface area contributed by atoms with Gasteiger partial charge in [-0.1, -0.05) is 20.8 Å². The van der Waals surface area contributed by atoms with Crippen LogP contribution in [0.4, 0.5) is 4.79 Å². The third-order valence-electron chi connectivity index (χ3n) is 5.04. The molecule has 0 radical (unpaired) electrons. The lowest BCUT2D eigenvalue weighted by molar-refractivity contribution is -0.140. The lowest BCUT2D eigenvalue weighted by Gasteiger charge is -2.43. The van der Waals surface area contributed by atoms with Crippen LogP contribution in [0.3, 0.4) is 0 Å². The number of imide groups is 1. The van der Waals surface area contributed by atoms with Gasteiger partial charge in [0.05, 0.1) is 0 Å². The average Bonchev–Trinajstić information content (AvgIpc) is 2.66. The predicted molar refractivity (Wildman–Crippen MR) is 91.3 cm³/mol. The third-order valence-corrected chi connectivity index (χ3v) is 5.04. The van der Waals surface area contributed by atoms with Crippen LogP contribution < -0.4 is 10.6 Å². The van der Waals surface area contributed by atoms with Gasteiger partial charge in [0, 0.05) is 20.1 Å². The molecule has 1 aliphatic heterocycles. The first-order valence-corrected chi connectivity index (χ1v) is 8.63. The van der Waals surface area contributed by atoms with E-state index in [4.69, 9.17) is 0 Å². The van der Waals surface area contributed by atoms with Crippen molar-refractivity contribution in [1.29, 1.82) is 0 Å². The van der Waals surface area contributed by atoms with Gasteiger partial charge in [-0.2, -0.15) is 0 Å². The molecule has 0 aromatic heterocycles. The maximum atomic E-state index is 13.0. The van der Waals surface area contributed by atoms with Crippen LogP contribution in [0.2, 0.25) is 0 Å². The molecule has 7 heteroatoms. The molecule has 2 fully saturated rings. The maximum absolute atomic E-state index is 13.0. The van der Waals surface area contributed by atoms with E-state index in [2.05, 4.69) is 31.4 Å². The molecular weight excluding hydrogens is 308 g/mol. The fourth-order valence-electron chi connectivity index (χ4n) is 4.31. The standard InChI is InChI=1S/C17H30N4O3/c1-12-8-16(2,3)11-17(9-12)14(23)21(15(24)19-17)10-13(22)20(5)7-6-18-4/h12,18H,6-11H2,1-5H3,(H,19,24). The average molecular weight is 338 g/mol. The Kier molecular flexibility index (Phi) is 5.22. The second kappa shape index (κ2) is 6.70. The Morgan fingerprint density at radius 2 is 2.04 bits per heavy atom. The second-order valence-electron chi connectivity index (χ2n) is 8.18. The van der Waals surface area contributed by atoms with E-state index in [-0.39, 0.29) is 23.8 Å². The summed E-state index contributed by atoms with van der Waals surface area (Å²) in [5.74, 6) is -0.122. The zero-order chi connectivity index (χ0) is 18.1. The van der Waals surface area contributed by atoms with Gasteiger partial charge < -0.3 is 15.5 Å². The van der Waals surface area contributed by atoms with Gasteiger partial charge in [0.1, 0.15) is 12.1 Å². The van der Waals surface area contributed by atoms with Crippen LogP contribution >= 0.6 is 0 Å². The quantitative estimate of drug-likeness (QED) is 0.727. The van der Waals surface area contributed by atoms with Gasteiger partial charge in [-0.05, 0) is 37.6 Å². The molecule has 1 spiro atoms. The van der Waals surface area contributed by atoms with Crippen LogP contribution in [0.15, 0.2) is 0 Å². The van der Waals surface area contributed by atoms with Crippen molar-refractivity contribution >= 4 is 17.8 Å². The summed E-state index contributed by atoms with van der Waals surface area (Å²) in [7, 11) is 3.49. The first-order valence-electron chi connectivity index (χ1n) is 8.63. The summed E-state index contributed by atoms with van der Waals surface area (Å²) >= 11 is 0. The predicted octanol–water partition coefficient (Wildman–Crippen LogP) is 0.801. The van der Waals surface area contributed by atoms with Gasteiger partial charge in [0.2, 0.25) is 5.91 Å². The lowest BCUT2D eigenvalue weighted by Crippen LogP contribution is -2.54. The summed E-state index contributed by atoms with van der Waals surface area (Å²) in [5, 5.41) is 5.87. The molecule has 1 heterocycles. The molecule has 136 valence electrons. The number of carbonyl (C=O) groups excluding carboxylic acids is 3. The van der Waals surface area contributed by atoms with E-state index < -0.39 is 11.6 Å². The van der Waals surface area contributed by atoms with Crippen LogP contribution in [0, 0.1) is 11.3 Å². The van der Waals surface area contributed by atoms with E-state index >= 15 is 0 Å². The summed E-state index contributed by atoms with van der Waals surface area (Å²) in [4.78, 5) is 40.2. The van der Waals surface area contributed by atoms with E-state index in [1.165, 1.54) is 4.90 Å². The Labute approximate surface area is 144 Å². The number of carbonyl (C=O) groups is 3. The van der Waals surface area contributed by atoms with E-state index in [0.717, 1.165) is 11.3 Å². The number of likely N-dealkylation sites (N-methyl/N-ethyl adjacent to an activating group) is 2. The molecule has 1 saturated carbocycles. The van der Waals surface area contributed by atoms with Gasteiger partial charge in [-0.3, -0.25) is 14.5 Å². The normalized spacial score (nSPS) is 29.0. The first-order chi connectivity index (χ1) is 11.1. The minimum absolute atomic E-state index is 0.00971. The zero-order valence-corrected chi connectivity index (χ0v) is 15.4. The molecule has 2 N–H and O–H groups in total. The van der Waals surface area contributed by atoms with Crippen molar-refractivity contribution in [2.24, 2.45) is 11.3 Å². The SMILES string of the molecule is CNCCN(C)C(=O)CN1C(=O)NC2(CC(C)CC(C)(C)C2)C1=O. The van der Waals surface area contributed by atoms with Crippen molar-refractivity contribution in [2.75, 3.05) is 33.7 Å². The molecule has 24 heavy (non-hydrogen) atoms. The Morgan fingerprint density at radius 1 is 1.38 bits per heavy atom. The molecule has 2 atom stereocenters. The highest BCUT2D eigenvalue weighted by Crippen LogP contribution is 2.46. The summed E-state index contributed by atoms with van der Waals surface area (Å²) in [6.45, 7) is 7.38. The minimum Gasteiger partial charge on any atom is -0.343 e. The summed E-state index contributed by atoms with van der Waals surface area (Å²) < 4.78 is 0. The highest BCUT2D eigenvalue weighted by Gasteiger charge is 2.56. The fraction of sp³-hybridized carbons (Fsp3) is 0.824. The maximum Gasteiger partial charge on any atom is 0.325 e. The zero-order valence-electron chi connectivity index (χ0n) is 15.4. The summed E-state index contributed by atoms with van der Waals surface area (Å²) in [5.41, 5.74) is -0.855. The van der Waals surface area contributed by atoms with E-state index in [9.17, 15) is 14.4 Å². The number of hydrogen-bond acceptors (Lipinski definition) is 4. The van der Waals surface area contributed by atoms with E-state index in [1.54, 1.807) is 7.05 Å². The Morgan fingerprint density at radius 3 is 2.62 bits per heavy atom. The number of nitrogens with zero attached hydrogens (tertiary/aromatic N) is 2. The number of hydrogen-bond donors (Lipinski definition) is 2. The van der Waals surface area contributed by atoms with Gasteiger partial charge >= 0.3 is 6.03 Å². The van der Waals surface area contributed by atoms with Crippen LogP contribution in [0.5, 0.6) is 0 Å². The number of nitrogens with one attached hydrogen (secondary N) is 2.